The van der Waals surface area contributed by atoms with Gasteiger partial charge < -0.3 is 14.8 Å². The van der Waals surface area contributed by atoms with Gasteiger partial charge in [0.05, 0.1) is 6.54 Å². The Kier molecular flexibility index (Phi) is 4.71. The van der Waals surface area contributed by atoms with Crippen molar-refractivity contribution >= 4 is 0 Å². The number of hydrogen-bond acceptors (Lipinski definition) is 3. The van der Waals surface area contributed by atoms with Crippen molar-refractivity contribution in [2.75, 3.05) is 6.61 Å². The molecule has 2 N–H and O–H groups in total. The first-order valence-electron chi connectivity index (χ1n) is 6.38. The first-order chi connectivity index (χ1) is 9.19. The van der Waals surface area contributed by atoms with E-state index in [-0.39, 0.29) is 18.5 Å². The highest BCUT2D eigenvalue weighted by Gasteiger charge is 2.06. The molecule has 1 unspecified atom stereocenters. The summed E-state index contributed by atoms with van der Waals surface area (Å²) in [4.78, 5) is 0. The van der Waals surface area contributed by atoms with Gasteiger partial charge in [0, 0.05) is 18.2 Å². The molecule has 2 aromatic rings. The largest absolute Gasteiger partial charge is 0.460 e. The van der Waals surface area contributed by atoms with Gasteiger partial charge in [-0.1, -0.05) is 0 Å². The lowest BCUT2D eigenvalue weighted by Crippen LogP contribution is -2.26. The number of rotatable bonds is 6. The predicted molar refractivity (Wildman–Crippen MR) is 72.1 cm³/mol. The average Bonchev–Trinajstić information content (AvgIpc) is 2.86. The summed E-state index contributed by atoms with van der Waals surface area (Å²) in [7, 11) is 0. The van der Waals surface area contributed by atoms with E-state index < -0.39 is 0 Å². The number of halogens is 1. The predicted octanol–water partition coefficient (Wildman–Crippen LogP) is 2.95. The Bertz CT molecular complexity index is 507. The standard InChI is InChI=1S/C15H18FNO2/c1-11(8-9-18)17-10-14-6-7-15(19-14)12-2-4-13(16)5-3-12/h2-7,11,17-18H,8-10H2,1H3. The van der Waals surface area contributed by atoms with Crippen LogP contribution in [0.1, 0.15) is 19.1 Å². The average molecular weight is 263 g/mol. The molecule has 0 amide bonds. The second-order valence-corrected chi connectivity index (χ2v) is 4.57. The summed E-state index contributed by atoms with van der Waals surface area (Å²) < 4.78 is 18.5. The Balaban J connectivity index is 1.97. The second-order valence-electron chi connectivity index (χ2n) is 4.57. The van der Waals surface area contributed by atoms with Gasteiger partial charge >= 0.3 is 0 Å². The summed E-state index contributed by atoms with van der Waals surface area (Å²) in [5.74, 6) is 1.30. The van der Waals surface area contributed by atoms with E-state index in [1.165, 1.54) is 12.1 Å². The zero-order valence-electron chi connectivity index (χ0n) is 10.9. The van der Waals surface area contributed by atoms with Crippen LogP contribution in [-0.2, 0) is 6.54 Å². The molecule has 1 aromatic carbocycles. The van der Waals surface area contributed by atoms with E-state index in [0.717, 1.165) is 17.1 Å². The Morgan fingerprint density at radius 2 is 1.95 bits per heavy atom. The molecule has 4 heteroatoms. The van der Waals surface area contributed by atoms with E-state index in [1.54, 1.807) is 12.1 Å². The summed E-state index contributed by atoms with van der Waals surface area (Å²) in [5, 5.41) is 12.1. The normalized spacial score (nSPS) is 12.6. The lowest BCUT2D eigenvalue weighted by atomic mass is 10.2. The third-order valence-electron chi connectivity index (χ3n) is 2.98. The molecule has 102 valence electrons. The molecule has 1 aromatic heterocycles. The van der Waals surface area contributed by atoms with Gasteiger partial charge in [0.25, 0.3) is 0 Å². The zero-order valence-corrected chi connectivity index (χ0v) is 10.9. The van der Waals surface area contributed by atoms with Gasteiger partial charge in [-0.15, -0.1) is 0 Å². The van der Waals surface area contributed by atoms with Crippen LogP contribution in [0.5, 0.6) is 0 Å². The van der Waals surface area contributed by atoms with E-state index in [2.05, 4.69) is 5.32 Å². The minimum atomic E-state index is -0.255. The molecule has 2 rings (SSSR count). The molecule has 0 fully saturated rings. The topological polar surface area (TPSA) is 45.4 Å². The third kappa shape index (κ3) is 3.91. The number of aliphatic hydroxyl groups excluding tert-OH is 1. The summed E-state index contributed by atoms with van der Waals surface area (Å²) in [5.41, 5.74) is 0.857. The fourth-order valence-corrected chi connectivity index (χ4v) is 1.81. The van der Waals surface area contributed by atoms with Crippen molar-refractivity contribution < 1.29 is 13.9 Å². The number of furan rings is 1. The van der Waals surface area contributed by atoms with E-state index in [9.17, 15) is 4.39 Å². The number of hydrogen-bond donors (Lipinski definition) is 2. The molecule has 0 aliphatic rings. The van der Waals surface area contributed by atoms with Crippen LogP contribution >= 0.6 is 0 Å². The maximum atomic E-state index is 12.8. The number of aliphatic hydroxyl groups is 1. The van der Waals surface area contributed by atoms with Crippen LogP contribution in [0.3, 0.4) is 0 Å². The van der Waals surface area contributed by atoms with Gasteiger partial charge in [0.2, 0.25) is 0 Å². The van der Waals surface area contributed by atoms with Crippen molar-refractivity contribution in [2.24, 2.45) is 0 Å². The van der Waals surface area contributed by atoms with Crippen molar-refractivity contribution in [3.63, 3.8) is 0 Å². The highest BCUT2D eigenvalue weighted by molar-refractivity contribution is 5.57. The van der Waals surface area contributed by atoms with Crippen LogP contribution in [0, 0.1) is 5.82 Å². The van der Waals surface area contributed by atoms with Gasteiger partial charge in [-0.05, 0) is 49.7 Å². The molecular weight excluding hydrogens is 245 g/mol. The van der Waals surface area contributed by atoms with E-state index in [0.29, 0.717) is 13.0 Å². The highest BCUT2D eigenvalue weighted by Crippen LogP contribution is 2.22. The minimum absolute atomic E-state index is 0.174. The Hall–Kier alpha value is -1.65. The molecule has 0 bridgehead atoms. The lowest BCUT2D eigenvalue weighted by molar-refractivity contribution is 0.267. The molecule has 0 aliphatic heterocycles. The van der Waals surface area contributed by atoms with Crippen LogP contribution < -0.4 is 5.32 Å². The Labute approximate surface area is 112 Å². The van der Waals surface area contributed by atoms with Gasteiger partial charge in [-0.2, -0.15) is 0 Å². The SMILES string of the molecule is CC(CCO)NCc1ccc(-c2ccc(F)cc2)o1. The first kappa shape index (κ1) is 13.8. The number of benzene rings is 1. The summed E-state index contributed by atoms with van der Waals surface area (Å²) in [6.07, 6.45) is 0.714. The fourth-order valence-electron chi connectivity index (χ4n) is 1.81. The summed E-state index contributed by atoms with van der Waals surface area (Å²) in [6.45, 7) is 2.80. The molecule has 3 nitrogen and oxygen atoms in total. The third-order valence-corrected chi connectivity index (χ3v) is 2.98. The molecule has 0 saturated heterocycles. The molecular formula is C15H18FNO2. The maximum Gasteiger partial charge on any atom is 0.134 e. The molecule has 0 spiro atoms. The summed E-state index contributed by atoms with van der Waals surface area (Å²) >= 11 is 0. The van der Waals surface area contributed by atoms with Crippen molar-refractivity contribution in [2.45, 2.75) is 25.9 Å². The van der Waals surface area contributed by atoms with Crippen LogP contribution in [0.25, 0.3) is 11.3 Å². The van der Waals surface area contributed by atoms with Crippen molar-refractivity contribution in [1.29, 1.82) is 0 Å². The first-order valence-corrected chi connectivity index (χ1v) is 6.38. The molecule has 0 radical (unpaired) electrons. The van der Waals surface area contributed by atoms with Crippen molar-refractivity contribution in [1.82, 2.24) is 5.32 Å². The molecule has 19 heavy (non-hydrogen) atoms. The quantitative estimate of drug-likeness (QED) is 0.842. The van der Waals surface area contributed by atoms with E-state index in [4.69, 9.17) is 9.52 Å². The van der Waals surface area contributed by atoms with Crippen LogP contribution in [0.15, 0.2) is 40.8 Å². The molecule has 1 atom stereocenters. The Morgan fingerprint density at radius 3 is 2.63 bits per heavy atom. The summed E-state index contributed by atoms with van der Waals surface area (Å²) in [6, 6.07) is 10.2. The second kappa shape index (κ2) is 6.50. The van der Waals surface area contributed by atoms with E-state index in [1.807, 2.05) is 19.1 Å². The van der Waals surface area contributed by atoms with Gasteiger partial charge in [-0.25, -0.2) is 4.39 Å². The maximum absolute atomic E-state index is 12.8. The van der Waals surface area contributed by atoms with Crippen LogP contribution in [0.4, 0.5) is 4.39 Å². The van der Waals surface area contributed by atoms with Gasteiger partial charge in [-0.3, -0.25) is 0 Å². The smallest absolute Gasteiger partial charge is 0.134 e. The zero-order chi connectivity index (χ0) is 13.7. The van der Waals surface area contributed by atoms with Gasteiger partial charge in [0.15, 0.2) is 0 Å². The molecule has 0 aliphatic carbocycles. The fraction of sp³-hybridized carbons (Fsp3) is 0.333. The molecule has 1 heterocycles. The molecule has 0 saturated carbocycles. The number of nitrogens with one attached hydrogen (secondary N) is 1. The monoisotopic (exact) mass is 263 g/mol. The van der Waals surface area contributed by atoms with E-state index >= 15 is 0 Å². The van der Waals surface area contributed by atoms with Gasteiger partial charge in [0.1, 0.15) is 17.3 Å². The van der Waals surface area contributed by atoms with Crippen molar-refractivity contribution in [3.05, 3.63) is 48.0 Å². The minimum Gasteiger partial charge on any atom is -0.460 e. The van der Waals surface area contributed by atoms with Crippen LogP contribution in [-0.4, -0.2) is 17.8 Å². The lowest BCUT2D eigenvalue weighted by Gasteiger charge is -2.10. The van der Waals surface area contributed by atoms with Crippen molar-refractivity contribution in [3.8, 4) is 11.3 Å². The highest BCUT2D eigenvalue weighted by atomic mass is 19.1. The Morgan fingerprint density at radius 1 is 1.21 bits per heavy atom. The van der Waals surface area contributed by atoms with Crippen LogP contribution in [0.2, 0.25) is 0 Å².